The summed E-state index contributed by atoms with van der Waals surface area (Å²) in [6, 6.07) is 0. The van der Waals surface area contributed by atoms with Crippen LogP contribution in [-0.2, 0) is 19.5 Å². The number of hydrogen-bond acceptors (Lipinski definition) is 0. The first-order valence-electron chi connectivity index (χ1n) is 0. The summed E-state index contributed by atoms with van der Waals surface area (Å²) < 4.78 is 0. The summed E-state index contributed by atoms with van der Waals surface area (Å²) in [6.07, 6.45) is 0. The maximum Gasteiger partial charge on any atom is 0 e. The molecule has 0 rings (SSSR count). The molecule has 14 valence electrons. The van der Waals surface area contributed by atoms with Crippen LogP contribution in [0.4, 0.5) is 0 Å². The Morgan fingerprint density at radius 1 is 0.750 bits per heavy atom. The van der Waals surface area contributed by atoms with Crippen LogP contribution in [0.2, 0.25) is 0 Å². The van der Waals surface area contributed by atoms with E-state index in [1.165, 1.54) is 0 Å². The first kappa shape index (κ1) is 35.8. The molecule has 0 atom stereocenters. The van der Waals surface area contributed by atoms with Crippen LogP contribution < -0.4 is 0 Å². The molecule has 0 aliphatic rings. The van der Waals surface area contributed by atoms with Gasteiger partial charge in [0.25, 0.3) is 0 Å². The second-order valence-electron chi connectivity index (χ2n) is 0. The fourth-order valence-electron chi connectivity index (χ4n) is 0. The normalized spacial score (nSPS) is 0. The van der Waals surface area contributed by atoms with Crippen molar-refractivity contribution in [2.24, 2.45) is 0 Å². The molecular formula is H2Mg2OZn. The summed E-state index contributed by atoms with van der Waals surface area (Å²) in [7, 11) is 0. The fraction of sp³-hybridized carbons (Fsp3) is 0. The molecule has 0 spiro atoms. The van der Waals surface area contributed by atoms with Crippen LogP contribution in [0.5, 0.6) is 0 Å². The van der Waals surface area contributed by atoms with Crippen molar-refractivity contribution >= 4 is 46.1 Å². The van der Waals surface area contributed by atoms with Gasteiger partial charge in [-0.15, -0.1) is 0 Å². The molecular weight excluding hydrogens is 130 g/mol. The molecule has 1 nitrogen and oxygen atoms in total. The van der Waals surface area contributed by atoms with E-state index in [-0.39, 0.29) is 71.1 Å². The quantitative estimate of drug-likeness (QED) is 0.356. The smallest absolute Gasteiger partial charge is 0 e. The molecule has 0 aromatic heterocycles. The fourth-order valence-corrected chi connectivity index (χ4v) is 0. The molecule has 0 aliphatic carbocycles. The van der Waals surface area contributed by atoms with E-state index in [1.54, 1.807) is 0 Å². The molecule has 2 N–H and O–H groups in total. The molecule has 0 fully saturated rings. The van der Waals surface area contributed by atoms with E-state index < -0.39 is 0 Å². The summed E-state index contributed by atoms with van der Waals surface area (Å²) in [6.45, 7) is 0. The van der Waals surface area contributed by atoms with E-state index >= 15 is 0 Å². The van der Waals surface area contributed by atoms with Gasteiger partial charge in [0.2, 0.25) is 0 Å². The van der Waals surface area contributed by atoms with Gasteiger partial charge in [-0.2, -0.15) is 0 Å². The van der Waals surface area contributed by atoms with Gasteiger partial charge >= 0.3 is 0 Å². The van der Waals surface area contributed by atoms with Crippen molar-refractivity contribution in [3.05, 3.63) is 0 Å². The Bertz CT molecular complexity index is 6.00. The maximum atomic E-state index is 0. The van der Waals surface area contributed by atoms with Crippen LogP contribution in [0.3, 0.4) is 0 Å². The van der Waals surface area contributed by atoms with Crippen LogP contribution >= 0.6 is 0 Å². The molecule has 4 heavy (non-hydrogen) atoms. The van der Waals surface area contributed by atoms with Crippen molar-refractivity contribution in [3.63, 3.8) is 0 Å². The molecule has 0 bridgehead atoms. The van der Waals surface area contributed by atoms with Crippen LogP contribution in [0.15, 0.2) is 0 Å². The average Bonchev–Trinajstić information content (AvgIpc) is 0. The van der Waals surface area contributed by atoms with Crippen molar-refractivity contribution in [3.8, 4) is 0 Å². The minimum atomic E-state index is 0. The third-order valence-electron chi connectivity index (χ3n) is 0. The van der Waals surface area contributed by atoms with E-state index in [9.17, 15) is 0 Å². The standard InChI is InChI=1S/2Mg.H2O.Zn/h;;1H2;. The molecule has 4 radical (unpaired) electrons. The molecule has 0 unspecified atom stereocenters. The van der Waals surface area contributed by atoms with Crippen molar-refractivity contribution < 1.29 is 25.0 Å². The van der Waals surface area contributed by atoms with Gasteiger partial charge in [-0.05, 0) is 0 Å². The molecule has 4 heteroatoms. The summed E-state index contributed by atoms with van der Waals surface area (Å²) in [5, 5.41) is 0. The first-order chi connectivity index (χ1) is 0. The molecule has 0 amide bonds. The van der Waals surface area contributed by atoms with Crippen molar-refractivity contribution in [1.82, 2.24) is 0 Å². The molecule has 0 aromatic carbocycles. The average molecular weight is 132 g/mol. The van der Waals surface area contributed by atoms with Gasteiger partial charge in [-0.1, -0.05) is 0 Å². The Hall–Kier alpha value is 2.12. The zero-order chi connectivity index (χ0) is 0. The SMILES string of the molecule is O.[Mg].[Mg].[Zn]. The van der Waals surface area contributed by atoms with E-state index in [0.717, 1.165) is 0 Å². The molecule has 0 heterocycles. The molecule has 0 saturated heterocycles. The van der Waals surface area contributed by atoms with E-state index in [2.05, 4.69) is 0 Å². The summed E-state index contributed by atoms with van der Waals surface area (Å²) in [5.74, 6) is 0. The summed E-state index contributed by atoms with van der Waals surface area (Å²) in [5.41, 5.74) is 0. The van der Waals surface area contributed by atoms with Crippen LogP contribution in [0.1, 0.15) is 0 Å². The van der Waals surface area contributed by atoms with Crippen LogP contribution in [0, 0.1) is 0 Å². The van der Waals surface area contributed by atoms with Crippen molar-refractivity contribution in [2.45, 2.75) is 0 Å². The molecule has 0 aromatic rings. The minimum absolute atomic E-state index is 0. The van der Waals surface area contributed by atoms with Gasteiger partial charge in [-0.25, -0.2) is 0 Å². The van der Waals surface area contributed by atoms with E-state index in [0.29, 0.717) is 0 Å². The second kappa shape index (κ2) is 19.4. The minimum Gasteiger partial charge on any atom is -0.412 e. The zero-order valence-corrected chi connectivity index (χ0v) is 8.42. The van der Waals surface area contributed by atoms with E-state index in [4.69, 9.17) is 0 Å². The third kappa shape index (κ3) is 8.93. The predicted molar refractivity (Wildman–Crippen MR) is 15.1 cm³/mol. The summed E-state index contributed by atoms with van der Waals surface area (Å²) in [4.78, 5) is 0. The zero-order valence-electron chi connectivity index (χ0n) is 2.62. The van der Waals surface area contributed by atoms with Gasteiger partial charge in [0.1, 0.15) is 0 Å². The first-order valence-corrected chi connectivity index (χ1v) is 0. The van der Waals surface area contributed by atoms with E-state index in [1.807, 2.05) is 0 Å². The molecule has 0 aliphatic heterocycles. The van der Waals surface area contributed by atoms with Crippen LogP contribution in [0.25, 0.3) is 0 Å². The number of rotatable bonds is 0. The monoisotopic (exact) mass is 130 g/mol. The Labute approximate surface area is 70.3 Å². The van der Waals surface area contributed by atoms with Crippen molar-refractivity contribution in [2.75, 3.05) is 0 Å². The van der Waals surface area contributed by atoms with Gasteiger partial charge in [0, 0.05) is 65.6 Å². The van der Waals surface area contributed by atoms with Gasteiger partial charge in [0.05, 0.1) is 0 Å². The summed E-state index contributed by atoms with van der Waals surface area (Å²) >= 11 is 0. The topological polar surface area (TPSA) is 31.5 Å². The van der Waals surface area contributed by atoms with Crippen LogP contribution in [-0.4, -0.2) is 51.6 Å². The largest absolute Gasteiger partial charge is 0.412 e. The van der Waals surface area contributed by atoms with Gasteiger partial charge < -0.3 is 5.48 Å². The Kier molecular flexibility index (Phi) is 173. The molecule has 0 saturated carbocycles. The maximum absolute atomic E-state index is 0. The Balaban J connectivity index is 0. The van der Waals surface area contributed by atoms with Gasteiger partial charge in [-0.3, -0.25) is 0 Å². The number of hydrogen-bond donors (Lipinski definition) is 0. The predicted octanol–water partition coefficient (Wildman–Crippen LogP) is -1.59. The Morgan fingerprint density at radius 3 is 0.750 bits per heavy atom. The van der Waals surface area contributed by atoms with Gasteiger partial charge in [0.15, 0.2) is 0 Å². The van der Waals surface area contributed by atoms with Crippen molar-refractivity contribution in [1.29, 1.82) is 0 Å². The third-order valence-corrected chi connectivity index (χ3v) is 0. The second-order valence-corrected chi connectivity index (χ2v) is 0. The Morgan fingerprint density at radius 2 is 0.750 bits per heavy atom.